The van der Waals surface area contributed by atoms with E-state index in [0.29, 0.717) is 29.6 Å². The van der Waals surface area contributed by atoms with Crippen molar-refractivity contribution < 1.29 is 9.59 Å². The van der Waals surface area contributed by atoms with Crippen molar-refractivity contribution in [3.8, 4) is 0 Å². The molecule has 23 heavy (non-hydrogen) atoms. The molecule has 0 aliphatic carbocycles. The van der Waals surface area contributed by atoms with Crippen LogP contribution in [0.3, 0.4) is 0 Å². The Morgan fingerprint density at radius 2 is 1.96 bits per heavy atom. The number of carbonyl (C=O) groups is 2. The summed E-state index contributed by atoms with van der Waals surface area (Å²) in [7, 11) is 0. The molecule has 116 valence electrons. The van der Waals surface area contributed by atoms with Crippen molar-refractivity contribution in [1.29, 1.82) is 0 Å². The normalized spacial score (nSPS) is 10.8. The van der Waals surface area contributed by atoms with Crippen molar-refractivity contribution in [2.45, 2.75) is 19.9 Å². The van der Waals surface area contributed by atoms with E-state index in [1.165, 1.54) is 6.33 Å². The largest absolute Gasteiger partial charge is 0.363 e. The average Bonchev–Trinajstić information content (AvgIpc) is 2.88. The van der Waals surface area contributed by atoms with Gasteiger partial charge in [0, 0.05) is 23.8 Å². The lowest BCUT2D eigenvalue weighted by Gasteiger charge is -2.09. The lowest BCUT2D eigenvalue weighted by atomic mass is 10.1. The van der Waals surface area contributed by atoms with Crippen molar-refractivity contribution in [1.82, 2.24) is 14.5 Å². The predicted octanol–water partition coefficient (Wildman–Crippen LogP) is 1.71. The number of nitrogens with zero attached hydrogens (tertiary/aromatic N) is 3. The van der Waals surface area contributed by atoms with Crippen molar-refractivity contribution in [2.24, 2.45) is 5.73 Å². The van der Waals surface area contributed by atoms with Gasteiger partial charge in [-0.05, 0) is 12.0 Å². The Labute approximate surface area is 133 Å². The van der Waals surface area contributed by atoms with Crippen molar-refractivity contribution in [3.05, 3.63) is 59.7 Å². The first-order valence-corrected chi connectivity index (χ1v) is 7.32. The molecule has 3 aromatic rings. The van der Waals surface area contributed by atoms with Crippen molar-refractivity contribution >= 4 is 22.7 Å². The van der Waals surface area contributed by atoms with Gasteiger partial charge in [0.15, 0.2) is 0 Å². The number of rotatable bonds is 5. The molecule has 2 heterocycles. The monoisotopic (exact) mass is 308 g/mol. The molecule has 3 rings (SSSR count). The quantitative estimate of drug-likeness (QED) is 0.574. The highest BCUT2D eigenvalue weighted by Crippen LogP contribution is 2.26. The predicted molar refractivity (Wildman–Crippen MR) is 86.0 cm³/mol. The summed E-state index contributed by atoms with van der Waals surface area (Å²) >= 11 is 0. The number of fused-ring (bicyclic) bond motifs is 1. The van der Waals surface area contributed by atoms with Crippen LogP contribution in [-0.2, 0) is 17.8 Å². The number of ketones is 1. The molecule has 1 aromatic carbocycles. The fourth-order valence-electron chi connectivity index (χ4n) is 2.81. The number of aromatic nitrogens is 3. The number of amides is 1. The van der Waals surface area contributed by atoms with E-state index in [4.69, 9.17) is 5.73 Å². The van der Waals surface area contributed by atoms with Crippen molar-refractivity contribution in [2.75, 3.05) is 0 Å². The zero-order valence-corrected chi connectivity index (χ0v) is 12.7. The number of primary amides is 1. The Kier molecular flexibility index (Phi) is 3.89. The highest BCUT2D eigenvalue weighted by atomic mass is 16.2. The number of hydrogen-bond donors (Lipinski definition) is 1. The second-order valence-corrected chi connectivity index (χ2v) is 5.20. The molecular weight excluding hydrogens is 292 g/mol. The minimum absolute atomic E-state index is 0.312. The highest BCUT2D eigenvalue weighted by Gasteiger charge is 2.25. The molecule has 0 atom stereocenters. The molecule has 0 radical (unpaired) electrons. The highest BCUT2D eigenvalue weighted by molar-refractivity contribution is 6.44. The summed E-state index contributed by atoms with van der Waals surface area (Å²) in [6.07, 6.45) is 3.57. The van der Waals surface area contributed by atoms with Crippen LogP contribution in [0.25, 0.3) is 11.0 Å². The first kappa shape index (κ1) is 14.9. The van der Waals surface area contributed by atoms with Crippen molar-refractivity contribution in [3.63, 3.8) is 0 Å². The van der Waals surface area contributed by atoms with Gasteiger partial charge in [0.25, 0.3) is 11.7 Å². The van der Waals surface area contributed by atoms with E-state index < -0.39 is 11.7 Å². The topological polar surface area (TPSA) is 90.9 Å². The van der Waals surface area contributed by atoms with Crippen LogP contribution < -0.4 is 5.73 Å². The number of nitrogens with two attached hydrogens (primary N) is 1. The molecule has 0 saturated carbocycles. The van der Waals surface area contributed by atoms with Gasteiger partial charge in [-0.3, -0.25) is 9.59 Å². The fourth-order valence-corrected chi connectivity index (χ4v) is 2.81. The van der Waals surface area contributed by atoms with E-state index >= 15 is 0 Å². The first-order chi connectivity index (χ1) is 11.1. The maximum Gasteiger partial charge on any atom is 0.289 e. The first-order valence-electron chi connectivity index (χ1n) is 7.32. The zero-order valence-electron chi connectivity index (χ0n) is 12.7. The van der Waals surface area contributed by atoms with Crippen LogP contribution in [0.15, 0.2) is 42.9 Å². The summed E-state index contributed by atoms with van der Waals surface area (Å²) in [6.45, 7) is 2.49. The van der Waals surface area contributed by atoms with Gasteiger partial charge < -0.3 is 10.3 Å². The van der Waals surface area contributed by atoms with Gasteiger partial charge in [-0.2, -0.15) is 0 Å². The lowest BCUT2D eigenvalue weighted by molar-refractivity contribution is -0.114. The summed E-state index contributed by atoms with van der Waals surface area (Å²) in [5, 5.41) is 0.559. The minimum Gasteiger partial charge on any atom is -0.363 e. The van der Waals surface area contributed by atoms with Crippen LogP contribution in [0.1, 0.15) is 28.5 Å². The molecule has 6 heteroatoms. The van der Waals surface area contributed by atoms with Crippen LogP contribution in [0.2, 0.25) is 0 Å². The van der Waals surface area contributed by atoms with E-state index in [0.717, 1.165) is 11.3 Å². The third kappa shape index (κ3) is 2.59. The number of hydrogen-bond acceptors (Lipinski definition) is 4. The second-order valence-electron chi connectivity index (χ2n) is 5.20. The maximum absolute atomic E-state index is 12.3. The standard InChI is InChI=1S/C17H16N4O2/c1-2-13-14(15(22)16(18)23)12-8-19-10-20-17(12)21(13)9-11-6-4-3-5-7-11/h3-8,10H,2,9H2,1H3,(H2,18,23). The van der Waals surface area contributed by atoms with Crippen LogP contribution in [0.4, 0.5) is 0 Å². The van der Waals surface area contributed by atoms with Crippen LogP contribution in [0, 0.1) is 0 Å². The van der Waals surface area contributed by atoms with Crippen LogP contribution >= 0.6 is 0 Å². The summed E-state index contributed by atoms with van der Waals surface area (Å²) in [5.74, 6) is -1.67. The Hall–Kier alpha value is -3.02. The van der Waals surface area contributed by atoms with Crippen LogP contribution in [0.5, 0.6) is 0 Å². The molecule has 1 amide bonds. The molecular formula is C17H16N4O2. The zero-order chi connectivity index (χ0) is 16.4. The van der Waals surface area contributed by atoms with E-state index in [1.807, 2.05) is 41.8 Å². The Morgan fingerprint density at radius 3 is 2.61 bits per heavy atom. The molecule has 2 N–H and O–H groups in total. The fraction of sp³-hybridized carbons (Fsp3) is 0.176. The Balaban J connectivity index is 2.25. The summed E-state index contributed by atoms with van der Waals surface area (Å²) < 4.78 is 1.95. The molecule has 2 aromatic heterocycles. The van der Waals surface area contributed by atoms with E-state index in [1.54, 1.807) is 6.20 Å². The van der Waals surface area contributed by atoms with Gasteiger partial charge in [0.05, 0.1) is 5.56 Å². The molecule has 0 bridgehead atoms. The van der Waals surface area contributed by atoms with Gasteiger partial charge >= 0.3 is 0 Å². The summed E-state index contributed by atoms with van der Waals surface area (Å²) in [5.41, 5.74) is 7.97. The van der Waals surface area contributed by atoms with E-state index in [-0.39, 0.29) is 0 Å². The van der Waals surface area contributed by atoms with Gasteiger partial charge in [-0.15, -0.1) is 0 Å². The Bertz CT molecular complexity index is 884. The second kappa shape index (κ2) is 6.00. The molecule has 0 aliphatic rings. The molecule has 0 saturated heterocycles. The molecule has 0 unspecified atom stereocenters. The van der Waals surface area contributed by atoms with Gasteiger partial charge in [0.2, 0.25) is 0 Å². The third-order valence-electron chi connectivity index (χ3n) is 3.80. The Morgan fingerprint density at radius 1 is 1.22 bits per heavy atom. The smallest absolute Gasteiger partial charge is 0.289 e. The van der Waals surface area contributed by atoms with Gasteiger partial charge in [0.1, 0.15) is 12.0 Å². The average molecular weight is 308 g/mol. The van der Waals surface area contributed by atoms with Gasteiger partial charge in [-0.1, -0.05) is 37.3 Å². The summed E-state index contributed by atoms with van der Waals surface area (Å²) in [4.78, 5) is 31.9. The number of Topliss-reactive ketones (excluding diaryl/α,β-unsaturated/α-hetero) is 1. The number of benzene rings is 1. The van der Waals surface area contributed by atoms with Gasteiger partial charge in [-0.25, -0.2) is 9.97 Å². The molecule has 0 aliphatic heterocycles. The number of carbonyl (C=O) groups excluding carboxylic acids is 2. The lowest BCUT2D eigenvalue weighted by Crippen LogP contribution is -2.24. The minimum atomic E-state index is -0.970. The van der Waals surface area contributed by atoms with Crippen LogP contribution in [-0.4, -0.2) is 26.2 Å². The van der Waals surface area contributed by atoms with E-state index in [9.17, 15) is 9.59 Å². The maximum atomic E-state index is 12.3. The summed E-state index contributed by atoms with van der Waals surface area (Å²) in [6, 6.07) is 9.86. The molecule has 6 nitrogen and oxygen atoms in total. The SMILES string of the molecule is CCc1c(C(=O)C(N)=O)c2cncnc2n1Cc1ccccc1. The van der Waals surface area contributed by atoms with E-state index in [2.05, 4.69) is 9.97 Å². The third-order valence-corrected chi connectivity index (χ3v) is 3.80. The molecule has 0 fully saturated rings. The molecule has 0 spiro atoms.